The Kier molecular flexibility index (Phi) is 10.3. The average Bonchev–Trinajstić information content (AvgIpc) is 2.60. The molecule has 0 aromatic rings. The minimum atomic E-state index is -0.790. The topological polar surface area (TPSA) is 57.2 Å². The lowest BCUT2D eigenvalue weighted by Crippen LogP contribution is -2.58. The second kappa shape index (κ2) is 11.4. The summed E-state index contributed by atoms with van der Waals surface area (Å²) in [4.78, 5) is 0. The van der Waals surface area contributed by atoms with Crippen molar-refractivity contribution in [3.05, 3.63) is 0 Å². The predicted molar refractivity (Wildman–Crippen MR) is 90.5 cm³/mol. The molecule has 0 radical (unpaired) electrons. The Hall–Kier alpha value is -0.200. The Labute approximate surface area is 141 Å². The number of hydrogen-bond donors (Lipinski definition) is 1. The highest BCUT2D eigenvalue weighted by Crippen LogP contribution is 2.39. The van der Waals surface area contributed by atoms with Crippen LogP contribution in [0.15, 0.2) is 0 Å². The summed E-state index contributed by atoms with van der Waals surface area (Å²) in [6, 6.07) is 0. The van der Waals surface area contributed by atoms with Crippen molar-refractivity contribution in [2.24, 2.45) is 5.92 Å². The van der Waals surface area contributed by atoms with Gasteiger partial charge in [-0.05, 0) is 12.8 Å². The standard InChI is InChI=1S/C18H36O5/c1-5-6-7-8-9-10-13-23-16-11-12-18(21-3,22-4)17(20-2)15(16)14-19/h15-17,19H,5-14H2,1-4H3. The fourth-order valence-corrected chi connectivity index (χ4v) is 3.63. The molecular formula is C18H36O5. The average molecular weight is 332 g/mol. The largest absolute Gasteiger partial charge is 0.396 e. The molecule has 0 heterocycles. The van der Waals surface area contributed by atoms with E-state index in [2.05, 4.69) is 6.92 Å². The summed E-state index contributed by atoms with van der Waals surface area (Å²) in [6.45, 7) is 2.98. The van der Waals surface area contributed by atoms with E-state index in [9.17, 15) is 5.11 Å². The number of rotatable bonds is 12. The molecule has 5 nitrogen and oxygen atoms in total. The first kappa shape index (κ1) is 20.8. The van der Waals surface area contributed by atoms with Gasteiger partial charge in [-0.25, -0.2) is 0 Å². The van der Waals surface area contributed by atoms with Crippen molar-refractivity contribution in [2.45, 2.75) is 76.3 Å². The molecule has 0 aromatic carbocycles. The van der Waals surface area contributed by atoms with Crippen molar-refractivity contribution in [3.63, 3.8) is 0 Å². The predicted octanol–water partition coefficient (Wildman–Crippen LogP) is 3.14. The molecule has 0 aromatic heterocycles. The highest BCUT2D eigenvalue weighted by atomic mass is 16.7. The van der Waals surface area contributed by atoms with Gasteiger partial charge in [-0.1, -0.05) is 39.0 Å². The molecule has 23 heavy (non-hydrogen) atoms. The molecule has 0 bridgehead atoms. The van der Waals surface area contributed by atoms with Gasteiger partial charge in [-0.15, -0.1) is 0 Å². The van der Waals surface area contributed by atoms with Crippen LogP contribution >= 0.6 is 0 Å². The summed E-state index contributed by atoms with van der Waals surface area (Å²) in [7, 11) is 4.89. The summed E-state index contributed by atoms with van der Waals surface area (Å²) in [5.41, 5.74) is 0. The van der Waals surface area contributed by atoms with Gasteiger partial charge in [0.05, 0.1) is 12.7 Å². The van der Waals surface area contributed by atoms with E-state index in [-0.39, 0.29) is 24.7 Å². The van der Waals surface area contributed by atoms with Crippen LogP contribution in [-0.4, -0.2) is 57.6 Å². The van der Waals surface area contributed by atoms with E-state index in [1.165, 1.54) is 32.1 Å². The maximum atomic E-state index is 9.81. The lowest BCUT2D eigenvalue weighted by Gasteiger charge is -2.47. The summed E-state index contributed by atoms with van der Waals surface area (Å²) in [6.07, 6.45) is 8.67. The van der Waals surface area contributed by atoms with E-state index >= 15 is 0 Å². The zero-order valence-corrected chi connectivity index (χ0v) is 15.4. The summed E-state index contributed by atoms with van der Waals surface area (Å²) < 4.78 is 22.8. The fourth-order valence-electron chi connectivity index (χ4n) is 3.63. The third kappa shape index (κ3) is 5.68. The third-order valence-corrected chi connectivity index (χ3v) is 5.06. The van der Waals surface area contributed by atoms with Crippen LogP contribution in [0, 0.1) is 5.92 Å². The van der Waals surface area contributed by atoms with Crippen molar-refractivity contribution in [1.29, 1.82) is 0 Å². The van der Waals surface area contributed by atoms with E-state index < -0.39 is 5.79 Å². The van der Waals surface area contributed by atoms with Gasteiger partial charge in [0.15, 0.2) is 5.79 Å². The third-order valence-electron chi connectivity index (χ3n) is 5.06. The van der Waals surface area contributed by atoms with E-state index in [4.69, 9.17) is 18.9 Å². The van der Waals surface area contributed by atoms with Crippen LogP contribution < -0.4 is 0 Å². The number of hydrogen-bond acceptors (Lipinski definition) is 5. The molecule has 1 aliphatic rings. The minimum absolute atomic E-state index is 0.000910. The van der Waals surface area contributed by atoms with Gasteiger partial charge in [0.1, 0.15) is 6.10 Å². The maximum absolute atomic E-state index is 9.81. The van der Waals surface area contributed by atoms with Crippen molar-refractivity contribution in [3.8, 4) is 0 Å². The molecular weight excluding hydrogens is 296 g/mol. The van der Waals surface area contributed by atoms with E-state index in [0.29, 0.717) is 6.42 Å². The number of methoxy groups -OCH3 is 3. The second-order valence-corrected chi connectivity index (χ2v) is 6.44. The molecule has 3 atom stereocenters. The number of aliphatic hydroxyl groups is 1. The van der Waals surface area contributed by atoms with Crippen molar-refractivity contribution in [1.82, 2.24) is 0 Å². The van der Waals surface area contributed by atoms with E-state index in [1.807, 2.05) is 0 Å². The van der Waals surface area contributed by atoms with Crippen LogP contribution in [-0.2, 0) is 18.9 Å². The molecule has 138 valence electrons. The van der Waals surface area contributed by atoms with Crippen molar-refractivity contribution in [2.75, 3.05) is 34.5 Å². The molecule has 1 rings (SSSR count). The smallest absolute Gasteiger partial charge is 0.194 e. The van der Waals surface area contributed by atoms with Crippen LogP contribution in [0.1, 0.15) is 58.3 Å². The van der Waals surface area contributed by atoms with Crippen LogP contribution in [0.25, 0.3) is 0 Å². The Balaban J connectivity index is 2.44. The minimum Gasteiger partial charge on any atom is -0.396 e. The van der Waals surface area contributed by atoms with Gasteiger partial charge in [0.2, 0.25) is 0 Å². The molecule has 1 aliphatic carbocycles. The van der Waals surface area contributed by atoms with Crippen molar-refractivity contribution < 1.29 is 24.1 Å². The molecule has 0 spiro atoms. The first-order valence-corrected chi connectivity index (χ1v) is 9.04. The molecule has 0 amide bonds. The zero-order chi connectivity index (χ0) is 17.1. The zero-order valence-electron chi connectivity index (χ0n) is 15.4. The highest BCUT2D eigenvalue weighted by Gasteiger charge is 2.51. The second-order valence-electron chi connectivity index (χ2n) is 6.44. The Bertz CT molecular complexity index is 293. The number of ether oxygens (including phenoxy) is 4. The molecule has 0 saturated heterocycles. The van der Waals surface area contributed by atoms with Gasteiger partial charge in [0, 0.05) is 40.3 Å². The van der Waals surface area contributed by atoms with Crippen molar-refractivity contribution >= 4 is 0 Å². The summed E-state index contributed by atoms with van der Waals surface area (Å²) in [5.74, 6) is -0.920. The van der Waals surface area contributed by atoms with E-state index in [1.54, 1.807) is 21.3 Å². The molecule has 5 heteroatoms. The normalized spacial score (nSPS) is 27.3. The van der Waals surface area contributed by atoms with Gasteiger partial charge in [0.25, 0.3) is 0 Å². The molecule has 3 unspecified atom stereocenters. The molecule has 1 saturated carbocycles. The molecule has 1 fully saturated rings. The van der Waals surface area contributed by atoms with Gasteiger partial charge in [-0.3, -0.25) is 0 Å². The lowest BCUT2D eigenvalue weighted by molar-refractivity contribution is -0.306. The SMILES string of the molecule is CCCCCCCCOC1CCC(OC)(OC)C(OC)C1CO. The quantitative estimate of drug-likeness (QED) is 0.439. The van der Waals surface area contributed by atoms with Crippen LogP contribution in [0.3, 0.4) is 0 Å². The van der Waals surface area contributed by atoms with Crippen LogP contribution in [0.4, 0.5) is 0 Å². The number of unbranched alkanes of at least 4 members (excludes halogenated alkanes) is 5. The number of aliphatic hydroxyl groups excluding tert-OH is 1. The first-order valence-electron chi connectivity index (χ1n) is 9.04. The van der Waals surface area contributed by atoms with Gasteiger partial charge >= 0.3 is 0 Å². The van der Waals surface area contributed by atoms with Gasteiger partial charge < -0.3 is 24.1 Å². The molecule has 1 N–H and O–H groups in total. The van der Waals surface area contributed by atoms with Gasteiger partial charge in [-0.2, -0.15) is 0 Å². The highest BCUT2D eigenvalue weighted by molar-refractivity contribution is 4.95. The maximum Gasteiger partial charge on any atom is 0.194 e. The van der Waals surface area contributed by atoms with Crippen LogP contribution in [0.2, 0.25) is 0 Å². The molecule has 0 aliphatic heterocycles. The monoisotopic (exact) mass is 332 g/mol. The summed E-state index contributed by atoms with van der Waals surface area (Å²) in [5, 5.41) is 9.81. The lowest BCUT2D eigenvalue weighted by atomic mass is 9.79. The first-order chi connectivity index (χ1) is 11.2. The Morgan fingerprint density at radius 3 is 2.22 bits per heavy atom. The summed E-state index contributed by atoms with van der Waals surface area (Å²) >= 11 is 0. The Morgan fingerprint density at radius 2 is 1.65 bits per heavy atom. The van der Waals surface area contributed by atoms with Crippen LogP contribution in [0.5, 0.6) is 0 Å². The fraction of sp³-hybridized carbons (Fsp3) is 1.00. The van der Waals surface area contributed by atoms with E-state index in [0.717, 1.165) is 19.4 Å². The Morgan fingerprint density at radius 1 is 1.00 bits per heavy atom.